The highest BCUT2D eigenvalue weighted by Crippen LogP contribution is 2.17. The van der Waals surface area contributed by atoms with Gasteiger partial charge in [-0.25, -0.2) is 4.98 Å². The standard InChI is InChI=1S/C16H23N7O/c1-6-7-12-13-14(23(5)20-12)15(24)18-16(17-13)21(3)9-11-8-10(2)22(4)19-11/h8H,6-7,9H2,1-5H3,(H,17,18,24). The zero-order valence-electron chi connectivity index (χ0n) is 14.8. The topological polar surface area (TPSA) is 84.6 Å². The third-order valence-electron chi connectivity index (χ3n) is 4.16. The van der Waals surface area contributed by atoms with Crippen molar-refractivity contribution in [1.29, 1.82) is 0 Å². The van der Waals surface area contributed by atoms with Crippen LogP contribution in [-0.4, -0.2) is 36.6 Å². The molecular weight excluding hydrogens is 306 g/mol. The highest BCUT2D eigenvalue weighted by atomic mass is 16.1. The van der Waals surface area contributed by atoms with Gasteiger partial charge in [0.2, 0.25) is 5.95 Å². The van der Waals surface area contributed by atoms with Crippen molar-refractivity contribution in [3.05, 3.63) is 33.5 Å². The van der Waals surface area contributed by atoms with Gasteiger partial charge in [-0.2, -0.15) is 10.2 Å². The number of nitrogens with one attached hydrogen (secondary N) is 1. The maximum atomic E-state index is 12.5. The Morgan fingerprint density at radius 1 is 1.25 bits per heavy atom. The van der Waals surface area contributed by atoms with E-state index in [1.54, 1.807) is 11.7 Å². The number of hydrogen-bond donors (Lipinski definition) is 1. The summed E-state index contributed by atoms with van der Waals surface area (Å²) in [6.45, 7) is 4.67. The van der Waals surface area contributed by atoms with E-state index < -0.39 is 0 Å². The minimum Gasteiger partial charge on any atom is -0.339 e. The first-order chi connectivity index (χ1) is 11.4. The predicted molar refractivity (Wildman–Crippen MR) is 93.2 cm³/mol. The van der Waals surface area contributed by atoms with Crippen LogP contribution in [0, 0.1) is 6.92 Å². The zero-order chi connectivity index (χ0) is 17.4. The molecule has 0 aliphatic carbocycles. The number of rotatable bonds is 5. The van der Waals surface area contributed by atoms with Crippen molar-refractivity contribution in [2.45, 2.75) is 33.2 Å². The molecule has 0 aliphatic heterocycles. The van der Waals surface area contributed by atoms with E-state index in [-0.39, 0.29) is 5.56 Å². The fourth-order valence-corrected chi connectivity index (χ4v) is 2.85. The van der Waals surface area contributed by atoms with E-state index in [0.717, 1.165) is 29.9 Å². The third kappa shape index (κ3) is 2.79. The summed E-state index contributed by atoms with van der Waals surface area (Å²) in [7, 11) is 5.58. The predicted octanol–water partition coefficient (Wildman–Crippen LogP) is 1.29. The first-order valence-corrected chi connectivity index (χ1v) is 8.07. The lowest BCUT2D eigenvalue weighted by Crippen LogP contribution is -2.23. The molecule has 0 amide bonds. The SMILES string of the molecule is CCCc1nn(C)c2c(=O)[nH]c(N(C)Cc3cc(C)n(C)n3)nc12. The lowest BCUT2D eigenvalue weighted by atomic mass is 10.2. The van der Waals surface area contributed by atoms with Gasteiger partial charge in [0.25, 0.3) is 5.56 Å². The van der Waals surface area contributed by atoms with Gasteiger partial charge < -0.3 is 4.90 Å². The highest BCUT2D eigenvalue weighted by Gasteiger charge is 2.16. The molecule has 128 valence electrons. The number of aromatic nitrogens is 6. The normalized spacial score (nSPS) is 11.4. The maximum absolute atomic E-state index is 12.5. The van der Waals surface area contributed by atoms with E-state index in [2.05, 4.69) is 27.1 Å². The van der Waals surface area contributed by atoms with Gasteiger partial charge in [-0.3, -0.25) is 19.1 Å². The molecule has 0 spiro atoms. The minimum absolute atomic E-state index is 0.170. The van der Waals surface area contributed by atoms with Crippen molar-refractivity contribution in [2.75, 3.05) is 11.9 Å². The van der Waals surface area contributed by atoms with E-state index in [0.29, 0.717) is 23.5 Å². The van der Waals surface area contributed by atoms with Gasteiger partial charge in [-0.15, -0.1) is 0 Å². The first-order valence-electron chi connectivity index (χ1n) is 8.07. The molecule has 0 aromatic carbocycles. The Kier molecular flexibility index (Phi) is 4.13. The minimum atomic E-state index is -0.170. The molecule has 8 nitrogen and oxygen atoms in total. The number of nitrogens with zero attached hydrogens (tertiary/aromatic N) is 6. The quantitative estimate of drug-likeness (QED) is 0.762. The lowest BCUT2D eigenvalue weighted by molar-refractivity contribution is 0.711. The second kappa shape index (κ2) is 6.10. The Morgan fingerprint density at radius 2 is 2.00 bits per heavy atom. The Bertz CT molecular complexity index is 914. The molecule has 0 atom stereocenters. The fraction of sp³-hybridized carbons (Fsp3) is 0.500. The van der Waals surface area contributed by atoms with Crippen molar-refractivity contribution in [2.24, 2.45) is 14.1 Å². The third-order valence-corrected chi connectivity index (χ3v) is 4.16. The summed E-state index contributed by atoms with van der Waals surface area (Å²) in [6.07, 6.45) is 1.76. The van der Waals surface area contributed by atoms with Crippen molar-refractivity contribution >= 4 is 17.0 Å². The number of fused-ring (bicyclic) bond motifs is 1. The van der Waals surface area contributed by atoms with Crippen LogP contribution in [0.25, 0.3) is 11.0 Å². The molecule has 3 rings (SSSR count). The van der Waals surface area contributed by atoms with E-state index in [9.17, 15) is 4.79 Å². The van der Waals surface area contributed by atoms with E-state index in [4.69, 9.17) is 0 Å². The van der Waals surface area contributed by atoms with Crippen LogP contribution in [0.5, 0.6) is 0 Å². The molecule has 0 radical (unpaired) electrons. The Morgan fingerprint density at radius 3 is 2.62 bits per heavy atom. The summed E-state index contributed by atoms with van der Waals surface area (Å²) >= 11 is 0. The van der Waals surface area contributed by atoms with Gasteiger partial charge >= 0.3 is 0 Å². The maximum Gasteiger partial charge on any atom is 0.278 e. The van der Waals surface area contributed by atoms with Gasteiger partial charge in [0, 0.05) is 26.8 Å². The van der Waals surface area contributed by atoms with Gasteiger partial charge in [-0.05, 0) is 19.4 Å². The van der Waals surface area contributed by atoms with Gasteiger partial charge in [0.05, 0.1) is 17.9 Å². The van der Waals surface area contributed by atoms with Crippen LogP contribution in [0.15, 0.2) is 10.9 Å². The van der Waals surface area contributed by atoms with Gasteiger partial charge in [-0.1, -0.05) is 13.3 Å². The molecule has 0 aliphatic rings. The van der Waals surface area contributed by atoms with Crippen LogP contribution in [-0.2, 0) is 27.1 Å². The van der Waals surface area contributed by atoms with Crippen LogP contribution >= 0.6 is 0 Å². The van der Waals surface area contributed by atoms with E-state index in [1.165, 1.54) is 0 Å². The Labute approximate surface area is 140 Å². The number of hydrogen-bond acceptors (Lipinski definition) is 5. The molecule has 0 saturated carbocycles. The molecule has 0 fully saturated rings. The molecule has 1 N–H and O–H groups in total. The summed E-state index contributed by atoms with van der Waals surface area (Å²) in [6, 6.07) is 2.03. The summed E-state index contributed by atoms with van der Waals surface area (Å²) in [5.41, 5.74) is 3.92. The molecule has 0 unspecified atom stereocenters. The van der Waals surface area contributed by atoms with Crippen molar-refractivity contribution in [3.8, 4) is 0 Å². The van der Waals surface area contributed by atoms with Crippen molar-refractivity contribution < 1.29 is 0 Å². The summed E-state index contributed by atoms with van der Waals surface area (Å²) in [5, 5.41) is 8.89. The Balaban J connectivity index is 1.99. The molecule has 8 heteroatoms. The molecule has 3 heterocycles. The molecule has 3 aromatic heterocycles. The molecule has 0 saturated heterocycles. The van der Waals surface area contributed by atoms with E-state index in [1.807, 2.05) is 36.7 Å². The molecule has 24 heavy (non-hydrogen) atoms. The summed E-state index contributed by atoms with van der Waals surface area (Å²) < 4.78 is 3.45. The van der Waals surface area contributed by atoms with Crippen LogP contribution in [0.4, 0.5) is 5.95 Å². The van der Waals surface area contributed by atoms with Crippen LogP contribution in [0.1, 0.15) is 30.4 Å². The summed E-state index contributed by atoms with van der Waals surface area (Å²) in [5.74, 6) is 0.529. The van der Waals surface area contributed by atoms with Crippen molar-refractivity contribution in [3.63, 3.8) is 0 Å². The Hall–Kier alpha value is -2.64. The average Bonchev–Trinajstić information content (AvgIpc) is 3.00. The number of H-pyrrole nitrogens is 1. The van der Waals surface area contributed by atoms with Crippen LogP contribution < -0.4 is 10.5 Å². The van der Waals surface area contributed by atoms with Crippen LogP contribution in [0.3, 0.4) is 0 Å². The summed E-state index contributed by atoms with van der Waals surface area (Å²) in [4.78, 5) is 21.8. The second-order valence-electron chi connectivity index (χ2n) is 6.16. The van der Waals surface area contributed by atoms with Gasteiger partial charge in [0.1, 0.15) is 5.52 Å². The zero-order valence-corrected chi connectivity index (χ0v) is 14.8. The first kappa shape index (κ1) is 16.2. The molecular formula is C16H23N7O. The van der Waals surface area contributed by atoms with Crippen LogP contribution in [0.2, 0.25) is 0 Å². The molecule has 0 bridgehead atoms. The monoisotopic (exact) mass is 329 g/mol. The number of anilines is 1. The van der Waals surface area contributed by atoms with Gasteiger partial charge in [0.15, 0.2) is 5.52 Å². The number of aryl methyl sites for hydroxylation is 4. The second-order valence-corrected chi connectivity index (χ2v) is 6.16. The molecule has 3 aromatic rings. The van der Waals surface area contributed by atoms with Crippen molar-refractivity contribution in [1.82, 2.24) is 29.5 Å². The fourth-order valence-electron chi connectivity index (χ4n) is 2.85. The smallest absolute Gasteiger partial charge is 0.278 e. The lowest BCUT2D eigenvalue weighted by Gasteiger charge is -2.16. The number of aromatic amines is 1. The largest absolute Gasteiger partial charge is 0.339 e. The highest BCUT2D eigenvalue weighted by molar-refractivity contribution is 5.77. The average molecular weight is 329 g/mol. The van der Waals surface area contributed by atoms with E-state index >= 15 is 0 Å².